The van der Waals surface area contributed by atoms with Crippen LogP contribution in [-0.2, 0) is 4.74 Å². The van der Waals surface area contributed by atoms with Crippen molar-refractivity contribution in [1.29, 1.82) is 0 Å². The molecule has 0 aromatic carbocycles. The van der Waals surface area contributed by atoms with Crippen molar-refractivity contribution < 1.29 is 4.74 Å². The molecule has 2 nitrogen and oxygen atoms in total. The van der Waals surface area contributed by atoms with Gasteiger partial charge in [0.1, 0.15) is 0 Å². The van der Waals surface area contributed by atoms with Gasteiger partial charge in [0.15, 0.2) is 0 Å². The fourth-order valence-electron chi connectivity index (χ4n) is 2.17. The molecule has 1 aliphatic heterocycles. The molecule has 1 saturated heterocycles. The van der Waals surface area contributed by atoms with Crippen LogP contribution >= 0.6 is 11.3 Å². The van der Waals surface area contributed by atoms with E-state index in [2.05, 4.69) is 36.7 Å². The van der Waals surface area contributed by atoms with E-state index in [4.69, 9.17) is 4.74 Å². The van der Waals surface area contributed by atoms with Gasteiger partial charge >= 0.3 is 0 Å². The van der Waals surface area contributed by atoms with Gasteiger partial charge < -0.3 is 10.1 Å². The van der Waals surface area contributed by atoms with Crippen LogP contribution in [0.3, 0.4) is 0 Å². The number of hydrogen-bond donors (Lipinski definition) is 1. The molecule has 1 aliphatic rings. The minimum absolute atomic E-state index is 0.333. The van der Waals surface area contributed by atoms with E-state index in [1.54, 1.807) is 0 Å². The monoisotopic (exact) mass is 239 g/mol. The predicted molar refractivity (Wildman–Crippen MR) is 68.8 cm³/mol. The minimum Gasteiger partial charge on any atom is -0.372 e. The molecule has 2 heterocycles. The highest BCUT2D eigenvalue weighted by Gasteiger charge is 2.29. The van der Waals surface area contributed by atoms with E-state index in [1.165, 1.54) is 11.3 Å². The van der Waals surface area contributed by atoms with Crippen LogP contribution in [0.4, 0.5) is 0 Å². The van der Waals surface area contributed by atoms with Gasteiger partial charge in [-0.3, -0.25) is 0 Å². The minimum atomic E-state index is 0.333. The standard InChI is InChI=1S/C13H21NOS/c1-10(2)8-14-9-11-5-6-15-13(11)12-4-3-7-16-12/h3-4,7,10-11,13-14H,5-6,8-9H2,1-2H3. The summed E-state index contributed by atoms with van der Waals surface area (Å²) in [6.07, 6.45) is 1.52. The summed E-state index contributed by atoms with van der Waals surface area (Å²) < 4.78 is 5.84. The van der Waals surface area contributed by atoms with E-state index in [0.717, 1.165) is 25.6 Å². The number of rotatable bonds is 5. The van der Waals surface area contributed by atoms with Crippen LogP contribution in [0.25, 0.3) is 0 Å². The molecule has 3 heteroatoms. The van der Waals surface area contributed by atoms with E-state index < -0.39 is 0 Å². The molecule has 1 N–H and O–H groups in total. The average Bonchev–Trinajstić information content (AvgIpc) is 2.84. The molecular weight excluding hydrogens is 218 g/mol. The van der Waals surface area contributed by atoms with Crippen molar-refractivity contribution in [3.63, 3.8) is 0 Å². The highest BCUT2D eigenvalue weighted by atomic mass is 32.1. The molecule has 0 aliphatic carbocycles. The lowest BCUT2D eigenvalue weighted by Gasteiger charge is -2.18. The summed E-state index contributed by atoms with van der Waals surface area (Å²) in [6.45, 7) is 7.59. The molecule has 0 radical (unpaired) electrons. The van der Waals surface area contributed by atoms with Gasteiger partial charge in [-0.05, 0) is 30.3 Å². The third-order valence-electron chi connectivity index (χ3n) is 3.00. The van der Waals surface area contributed by atoms with Gasteiger partial charge in [-0.1, -0.05) is 19.9 Å². The lowest BCUT2D eigenvalue weighted by atomic mass is 10.00. The van der Waals surface area contributed by atoms with Crippen LogP contribution in [0.2, 0.25) is 0 Å². The Bertz CT molecular complexity index is 297. The van der Waals surface area contributed by atoms with E-state index in [1.807, 2.05) is 11.3 Å². The Kier molecular flexibility index (Phi) is 4.38. The molecule has 2 atom stereocenters. The SMILES string of the molecule is CC(C)CNCC1CCOC1c1cccs1. The van der Waals surface area contributed by atoms with Crippen molar-refractivity contribution in [1.82, 2.24) is 5.32 Å². The summed E-state index contributed by atoms with van der Waals surface area (Å²) in [5.41, 5.74) is 0. The molecule has 16 heavy (non-hydrogen) atoms. The quantitative estimate of drug-likeness (QED) is 0.852. The second-order valence-corrected chi connectivity index (χ2v) is 5.89. The van der Waals surface area contributed by atoms with E-state index in [-0.39, 0.29) is 0 Å². The summed E-state index contributed by atoms with van der Waals surface area (Å²) >= 11 is 1.81. The Hall–Kier alpha value is -0.380. The van der Waals surface area contributed by atoms with Crippen molar-refractivity contribution in [2.24, 2.45) is 11.8 Å². The molecule has 0 saturated carbocycles. The average molecular weight is 239 g/mol. The Morgan fingerprint density at radius 3 is 3.12 bits per heavy atom. The van der Waals surface area contributed by atoms with E-state index >= 15 is 0 Å². The van der Waals surface area contributed by atoms with Crippen LogP contribution in [0, 0.1) is 11.8 Å². The first-order valence-corrected chi connectivity index (χ1v) is 7.01. The Morgan fingerprint density at radius 2 is 2.44 bits per heavy atom. The maximum Gasteiger partial charge on any atom is 0.0957 e. The van der Waals surface area contributed by atoms with Gasteiger partial charge in [0.25, 0.3) is 0 Å². The highest BCUT2D eigenvalue weighted by Crippen LogP contribution is 2.36. The van der Waals surface area contributed by atoms with Gasteiger partial charge in [-0.25, -0.2) is 0 Å². The summed E-state index contributed by atoms with van der Waals surface area (Å²) in [5, 5.41) is 5.68. The number of thiophene rings is 1. The Morgan fingerprint density at radius 1 is 1.56 bits per heavy atom. The molecule has 1 aromatic rings. The summed E-state index contributed by atoms with van der Waals surface area (Å²) in [4.78, 5) is 1.38. The molecular formula is C13H21NOS. The molecule has 0 spiro atoms. The molecule has 1 aromatic heterocycles. The third kappa shape index (κ3) is 3.06. The summed E-state index contributed by atoms with van der Waals surface area (Å²) in [6, 6.07) is 4.30. The topological polar surface area (TPSA) is 21.3 Å². The second kappa shape index (κ2) is 5.80. The Balaban J connectivity index is 1.84. The predicted octanol–water partition coefficient (Wildman–Crippen LogP) is 3.07. The van der Waals surface area contributed by atoms with Gasteiger partial charge in [-0.2, -0.15) is 0 Å². The van der Waals surface area contributed by atoms with Crippen LogP contribution < -0.4 is 5.32 Å². The molecule has 0 bridgehead atoms. The number of ether oxygens (including phenoxy) is 1. The van der Waals surface area contributed by atoms with Gasteiger partial charge in [0.2, 0.25) is 0 Å². The maximum absolute atomic E-state index is 5.84. The van der Waals surface area contributed by atoms with E-state index in [9.17, 15) is 0 Å². The molecule has 1 fully saturated rings. The van der Waals surface area contributed by atoms with Crippen molar-refractivity contribution in [3.8, 4) is 0 Å². The van der Waals surface area contributed by atoms with Crippen molar-refractivity contribution in [2.75, 3.05) is 19.7 Å². The summed E-state index contributed by atoms with van der Waals surface area (Å²) in [7, 11) is 0. The fraction of sp³-hybridized carbons (Fsp3) is 0.692. The lowest BCUT2D eigenvalue weighted by Crippen LogP contribution is -2.27. The zero-order chi connectivity index (χ0) is 11.4. The molecule has 90 valence electrons. The molecule has 2 unspecified atom stereocenters. The van der Waals surface area contributed by atoms with Crippen LogP contribution in [-0.4, -0.2) is 19.7 Å². The van der Waals surface area contributed by atoms with Crippen LogP contribution in [0.15, 0.2) is 17.5 Å². The second-order valence-electron chi connectivity index (χ2n) is 4.91. The van der Waals surface area contributed by atoms with Crippen molar-refractivity contribution in [3.05, 3.63) is 22.4 Å². The zero-order valence-corrected chi connectivity index (χ0v) is 10.9. The van der Waals surface area contributed by atoms with Crippen LogP contribution in [0.1, 0.15) is 31.2 Å². The summed E-state index contributed by atoms with van der Waals surface area (Å²) in [5.74, 6) is 1.37. The first kappa shape index (κ1) is 12.1. The zero-order valence-electron chi connectivity index (χ0n) is 10.1. The molecule has 2 rings (SSSR count). The van der Waals surface area contributed by atoms with Crippen LogP contribution in [0.5, 0.6) is 0 Å². The largest absolute Gasteiger partial charge is 0.372 e. The first-order chi connectivity index (χ1) is 7.77. The Labute approximate surface area is 102 Å². The van der Waals surface area contributed by atoms with Crippen molar-refractivity contribution >= 4 is 11.3 Å². The van der Waals surface area contributed by atoms with Gasteiger partial charge in [0, 0.05) is 23.9 Å². The van der Waals surface area contributed by atoms with E-state index in [0.29, 0.717) is 12.0 Å². The third-order valence-corrected chi connectivity index (χ3v) is 3.93. The highest BCUT2D eigenvalue weighted by molar-refractivity contribution is 7.10. The lowest BCUT2D eigenvalue weighted by molar-refractivity contribution is 0.0932. The maximum atomic E-state index is 5.84. The normalized spacial score (nSPS) is 25.4. The number of hydrogen-bond acceptors (Lipinski definition) is 3. The van der Waals surface area contributed by atoms with Gasteiger partial charge in [-0.15, -0.1) is 11.3 Å². The fourth-order valence-corrected chi connectivity index (χ4v) is 3.03. The first-order valence-electron chi connectivity index (χ1n) is 6.13. The van der Waals surface area contributed by atoms with Gasteiger partial charge in [0.05, 0.1) is 6.10 Å². The number of nitrogens with one attached hydrogen (secondary N) is 1. The molecule has 0 amide bonds. The van der Waals surface area contributed by atoms with Crippen molar-refractivity contribution in [2.45, 2.75) is 26.4 Å². The smallest absolute Gasteiger partial charge is 0.0957 e.